The Bertz CT molecular complexity index is 429. The van der Waals surface area contributed by atoms with Crippen molar-refractivity contribution in [3.05, 3.63) is 23.3 Å². The molecule has 3 nitrogen and oxygen atoms in total. The maximum Gasteiger partial charge on any atom is 0.143 e. The first kappa shape index (κ1) is 10.5. The molecule has 0 spiro atoms. The molecule has 2 aromatic heterocycles. The SMILES string of the molecule is CCCC(C)(N)c1nc2cccnc2s1. The summed E-state index contributed by atoms with van der Waals surface area (Å²) in [5, 5.41) is 0.984. The zero-order valence-corrected chi connectivity index (χ0v) is 9.84. The van der Waals surface area contributed by atoms with Gasteiger partial charge in [0, 0.05) is 6.20 Å². The molecular weight excluding hydrogens is 206 g/mol. The third kappa shape index (κ3) is 2.01. The lowest BCUT2D eigenvalue weighted by atomic mass is 9.99. The Hall–Kier alpha value is -1.00. The van der Waals surface area contributed by atoms with Crippen molar-refractivity contribution in [1.82, 2.24) is 9.97 Å². The molecular formula is C11H15N3S. The predicted octanol–water partition coefficient (Wildman–Crippen LogP) is 2.67. The first-order valence-corrected chi connectivity index (χ1v) is 5.96. The lowest BCUT2D eigenvalue weighted by Gasteiger charge is -2.20. The van der Waals surface area contributed by atoms with Crippen molar-refractivity contribution in [2.75, 3.05) is 0 Å². The molecule has 0 fully saturated rings. The molecule has 0 saturated carbocycles. The second kappa shape index (κ2) is 3.87. The zero-order valence-electron chi connectivity index (χ0n) is 9.03. The number of rotatable bonds is 3. The molecule has 2 heterocycles. The van der Waals surface area contributed by atoms with Crippen LogP contribution in [-0.2, 0) is 5.54 Å². The van der Waals surface area contributed by atoms with Crippen LogP contribution in [0.25, 0.3) is 10.3 Å². The molecule has 2 rings (SSSR count). The first-order valence-electron chi connectivity index (χ1n) is 5.14. The summed E-state index contributed by atoms with van der Waals surface area (Å²) in [7, 11) is 0. The molecule has 0 amide bonds. The monoisotopic (exact) mass is 221 g/mol. The van der Waals surface area contributed by atoms with Gasteiger partial charge in [0.2, 0.25) is 0 Å². The fraction of sp³-hybridized carbons (Fsp3) is 0.455. The molecule has 0 saturated heterocycles. The van der Waals surface area contributed by atoms with E-state index >= 15 is 0 Å². The number of hydrogen-bond acceptors (Lipinski definition) is 4. The van der Waals surface area contributed by atoms with E-state index in [1.165, 1.54) is 0 Å². The summed E-state index contributed by atoms with van der Waals surface area (Å²) in [6.07, 6.45) is 3.81. The third-order valence-electron chi connectivity index (χ3n) is 2.42. The number of fused-ring (bicyclic) bond motifs is 1. The van der Waals surface area contributed by atoms with E-state index < -0.39 is 0 Å². The van der Waals surface area contributed by atoms with Crippen molar-refractivity contribution in [2.45, 2.75) is 32.2 Å². The van der Waals surface area contributed by atoms with Gasteiger partial charge < -0.3 is 5.73 Å². The zero-order chi connectivity index (χ0) is 10.9. The largest absolute Gasteiger partial charge is 0.320 e. The molecule has 0 aliphatic rings. The van der Waals surface area contributed by atoms with Crippen molar-refractivity contribution in [1.29, 1.82) is 0 Å². The van der Waals surface area contributed by atoms with Crippen molar-refractivity contribution in [3.8, 4) is 0 Å². The Labute approximate surface area is 93.4 Å². The van der Waals surface area contributed by atoms with Crippen LogP contribution in [-0.4, -0.2) is 9.97 Å². The Morgan fingerprint density at radius 3 is 3.00 bits per heavy atom. The summed E-state index contributed by atoms with van der Waals surface area (Å²) in [5.41, 5.74) is 6.86. The van der Waals surface area contributed by atoms with Crippen LogP contribution in [0.3, 0.4) is 0 Å². The summed E-state index contributed by atoms with van der Waals surface area (Å²) in [5.74, 6) is 0. The standard InChI is InChI=1S/C11H15N3S/c1-3-6-11(2,12)10-14-8-5-4-7-13-9(8)15-10/h4-5,7H,3,6,12H2,1-2H3. The van der Waals surface area contributed by atoms with Crippen LogP contribution < -0.4 is 5.73 Å². The molecule has 2 aromatic rings. The van der Waals surface area contributed by atoms with E-state index in [2.05, 4.69) is 16.9 Å². The van der Waals surface area contributed by atoms with Gasteiger partial charge in [0.1, 0.15) is 15.4 Å². The number of hydrogen-bond donors (Lipinski definition) is 1. The Morgan fingerprint density at radius 2 is 2.33 bits per heavy atom. The Kier molecular flexibility index (Phi) is 2.71. The average molecular weight is 221 g/mol. The highest BCUT2D eigenvalue weighted by Crippen LogP contribution is 2.29. The lowest BCUT2D eigenvalue weighted by molar-refractivity contribution is 0.445. The summed E-state index contributed by atoms with van der Waals surface area (Å²) in [4.78, 5) is 9.78. The van der Waals surface area contributed by atoms with Crippen molar-refractivity contribution >= 4 is 21.7 Å². The Balaban J connectivity index is 2.44. The number of nitrogens with two attached hydrogens (primary N) is 1. The fourth-order valence-electron chi connectivity index (χ4n) is 1.64. The number of thiazole rings is 1. The minimum absolute atomic E-state index is 0.319. The summed E-state index contributed by atoms with van der Waals surface area (Å²) < 4.78 is 0. The van der Waals surface area contributed by atoms with Crippen molar-refractivity contribution in [3.63, 3.8) is 0 Å². The van der Waals surface area contributed by atoms with Crippen molar-refractivity contribution in [2.24, 2.45) is 5.73 Å². The van der Waals surface area contributed by atoms with E-state index in [4.69, 9.17) is 5.73 Å². The van der Waals surface area contributed by atoms with Gasteiger partial charge in [-0.2, -0.15) is 0 Å². The van der Waals surface area contributed by atoms with Gasteiger partial charge in [-0.15, -0.1) is 0 Å². The lowest BCUT2D eigenvalue weighted by Crippen LogP contribution is -2.32. The van der Waals surface area contributed by atoms with Crippen LogP contribution in [0.5, 0.6) is 0 Å². The van der Waals surface area contributed by atoms with Gasteiger partial charge in [-0.25, -0.2) is 9.97 Å². The van der Waals surface area contributed by atoms with Gasteiger partial charge >= 0.3 is 0 Å². The van der Waals surface area contributed by atoms with E-state index in [1.54, 1.807) is 17.5 Å². The highest BCUT2D eigenvalue weighted by molar-refractivity contribution is 7.18. The van der Waals surface area contributed by atoms with Gasteiger partial charge in [0.25, 0.3) is 0 Å². The number of nitrogens with zero attached hydrogens (tertiary/aromatic N) is 2. The maximum absolute atomic E-state index is 6.23. The van der Waals surface area contributed by atoms with Gasteiger partial charge in [-0.05, 0) is 25.5 Å². The minimum Gasteiger partial charge on any atom is -0.320 e. The summed E-state index contributed by atoms with van der Waals surface area (Å²) >= 11 is 1.60. The molecule has 2 N–H and O–H groups in total. The van der Waals surface area contributed by atoms with Crippen LogP contribution in [0.1, 0.15) is 31.7 Å². The number of aromatic nitrogens is 2. The number of pyridine rings is 1. The van der Waals surface area contributed by atoms with Crippen LogP contribution in [0, 0.1) is 0 Å². The highest BCUT2D eigenvalue weighted by Gasteiger charge is 2.24. The normalized spacial score (nSPS) is 15.4. The van der Waals surface area contributed by atoms with Gasteiger partial charge in [0.15, 0.2) is 0 Å². The molecule has 0 aromatic carbocycles. The smallest absolute Gasteiger partial charge is 0.143 e. The molecule has 0 aliphatic heterocycles. The summed E-state index contributed by atoms with van der Waals surface area (Å²) in [6, 6.07) is 3.88. The highest BCUT2D eigenvalue weighted by atomic mass is 32.1. The van der Waals surface area contributed by atoms with Crippen molar-refractivity contribution < 1.29 is 0 Å². The molecule has 0 bridgehead atoms. The Morgan fingerprint density at radius 1 is 1.53 bits per heavy atom. The maximum atomic E-state index is 6.23. The van der Waals surface area contributed by atoms with Gasteiger partial charge in [-0.1, -0.05) is 24.7 Å². The predicted molar refractivity (Wildman–Crippen MR) is 63.9 cm³/mol. The van der Waals surface area contributed by atoms with Gasteiger partial charge in [-0.3, -0.25) is 0 Å². The molecule has 80 valence electrons. The molecule has 0 radical (unpaired) electrons. The van der Waals surface area contributed by atoms with E-state index in [0.29, 0.717) is 0 Å². The van der Waals surface area contributed by atoms with E-state index in [1.807, 2.05) is 19.1 Å². The molecule has 1 unspecified atom stereocenters. The second-order valence-corrected chi connectivity index (χ2v) is 4.99. The molecule has 15 heavy (non-hydrogen) atoms. The minimum atomic E-state index is -0.319. The van der Waals surface area contributed by atoms with Crippen LogP contribution >= 0.6 is 11.3 Å². The van der Waals surface area contributed by atoms with E-state index in [-0.39, 0.29) is 5.54 Å². The van der Waals surface area contributed by atoms with E-state index in [9.17, 15) is 0 Å². The fourth-order valence-corrected chi connectivity index (χ4v) is 2.63. The van der Waals surface area contributed by atoms with Crippen LogP contribution in [0.4, 0.5) is 0 Å². The molecule has 4 heteroatoms. The average Bonchev–Trinajstić information content (AvgIpc) is 2.61. The van der Waals surface area contributed by atoms with Crippen LogP contribution in [0.2, 0.25) is 0 Å². The second-order valence-electron chi connectivity index (χ2n) is 4.01. The van der Waals surface area contributed by atoms with E-state index in [0.717, 1.165) is 28.2 Å². The summed E-state index contributed by atoms with van der Waals surface area (Å²) in [6.45, 7) is 4.17. The first-order chi connectivity index (χ1) is 7.13. The van der Waals surface area contributed by atoms with Gasteiger partial charge in [0.05, 0.1) is 5.54 Å². The third-order valence-corrected chi connectivity index (χ3v) is 3.68. The van der Waals surface area contributed by atoms with Crippen LogP contribution in [0.15, 0.2) is 18.3 Å². The quantitative estimate of drug-likeness (QED) is 0.867. The molecule has 0 aliphatic carbocycles. The molecule has 1 atom stereocenters. The topological polar surface area (TPSA) is 51.8 Å².